The van der Waals surface area contributed by atoms with Crippen LogP contribution in [-0.4, -0.2) is 10.2 Å². The average molecular weight is 430 g/mol. The van der Waals surface area contributed by atoms with Crippen LogP contribution in [0, 0.1) is 11.6 Å². The van der Waals surface area contributed by atoms with Crippen LogP contribution >= 0.6 is 43.1 Å². The van der Waals surface area contributed by atoms with Crippen molar-refractivity contribution < 1.29 is 13.6 Å². The highest BCUT2D eigenvalue weighted by molar-refractivity contribution is 7.46. The molecule has 0 aliphatic carbocycles. The number of benzene rings is 1. The van der Waals surface area contributed by atoms with Gasteiger partial charge in [0.2, 0.25) is 0 Å². The minimum absolute atomic E-state index is 0.0399. The van der Waals surface area contributed by atoms with Crippen molar-refractivity contribution >= 4 is 54.1 Å². The molecule has 1 atom stereocenters. The van der Waals surface area contributed by atoms with E-state index in [4.69, 9.17) is 11.6 Å². The molecule has 1 unspecified atom stereocenters. The second-order valence-corrected chi connectivity index (χ2v) is 9.34. The van der Waals surface area contributed by atoms with Gasteiger partial charge < -0.3 is 4.79 Å². The fourth-order valence-electron chi connectivity index (χ4n) is 2.45. The molecule has 1 aromatic carbocycles. The summed E-state index contributed by atoms with van der Waals surface area (Å²) in [6, 6.07) is 6.93. The van der Waals surface area contributed by atoms with E-state index in [0.717, 1.165) is 16.1 Å². The van der Waals surface area contributed by atoms with Gasteiger partial charge in [-0.3, -0.25) is 0 Å². The molecule has 3 rings (SSSR count). The van der Waals surface area contributed by atoms with Crippen LogP contribution < -0.4 is 5.30 Å². The molecule has 0 radical (unpaired) electrons. The summed E-state index contributed by atoms with van der Waals surface area (Å²) < 4.78 is 33.7. The summed E-state index contributed by atoms with van der Waals surface area (Å²) in [4.78, 5) is 12.0. The first-order valence-electron chi connectivity index (χ1n) is 7.85. The van der Waals surface area contributed by atoms with Crippen molar-refractivity contribution in [2.24, 2.45) is 0 Å². The van der Waals surface area contributed by atoms with Crippen molar-refractivity contribution in [1.29, 1.82) is 0 Å². The molecule has 2 nitrogen and oxygen atoms in total. The van der Waals surface area contributed by atoms with Gasteiger partial charge >= 0.3 is 0 Å². The standard InChI is InChI=1S/C18H15ClF2NOPS2/c1-10(23)2-3-11-4-5-13(17(21)16(11)20)24-8-12-9-25-22-18(12)14-6-7-15(19)26-14/h4-7,9,24H,2-3,8H2,1H3. The number of halogens is 3. The molecule has 0 bridgehead atoms. The quantitative estimate of drug-likeness (QED) is 0.442. The topological polar surface area (TPSA) is 30.0 Å². The summed E-state index contributed by atoms with van der Waals surface area (Å²) >= 11 is 8.77. The van der Waals surface area contributed by atoms with Gasteiger partial charge in [0.15, 0.2) is 11.6 Å². The van der Waals surface area contributed by atoms with E-state index in [2.05, 4.69) is 4.37 Å². The van der Waals surface area contributed by atoms with E-state index in [-0.39, 0.29) is 32.8 Å². The van der Waals surface area contributed by atoms with Gasteiger partial charge in [0.1, 0.15) is 5.78 Å². The highest BCUT2D eigenvalue weighted by Gasteiger charge is 2.16. The number of hydrogen-bond donors (Lipinski definition) is 0. The molecule has 0 N–H and O–H groups in total. The third kappa shape index (κ3) is 4.55. The van der Waals surface area contributed by atoms with Gasteiger partial charge in [0, 0.05) is 17.1 Å². The van der Waals surface area contributed by atoms with Crippen LogP contribution in [0.1, 0.15) is 24.5 Å². The van der Waals surface area contributed by atoms with Crippen molar-refractivity contribution in [1.82, 2.24) is 4.37 Å². The lowest BCUT2D eigenvalue weighted by Crippen LogP contribution is -2.09. The zero-order valence-corrected chi connectivity index (χ0v) is 17.2. The van der Waals surface area contributed by atoms with E-state index >= 15 is 0 Å². The number of hydrogen-bond acceptors (Lipinski definition) is 4. The number of Topliss-reactive ketones (excluding diaryl/α,β-unsaturated/α-hetero) is 1. The fourth-order valence-corrected chi connectivity index (χ4v) is 5.53. The molecule has 0 fully saturated rings. The second-order valence-electron chi connectivity index (χ2n) is 5.75. The van der Waals surface area contributed by atoms with E-state index in [1.165, 1.54) is 29.8 Å². The van der Waals surface area contributed by atoms with E-state index in [1.54, 1.807) is 12.1 Å². The molecular weight excluding hydrogens is 415 g/mol. The first kappa shape index (κ1) is 19.6. The molecule has 2 aromatic heterocycles. The number of carbonyl (C=O) groups excluding carboxylic acids is 1. The zero-order valence-electron chi connectivity index (χ0n) is 13.8. The summed E-state index contributed by atoms with van der Waals surface area (Å²) in [7, 11) is 0.0923. The number of nitrogens with zero attached hydrogens (tertiary/aromatic N) is 1. The molecule has 0 saturated carbocycles. The van der Waals surface area contributed by atoms with E-state index in [0.29, 0.717) is 15.8 Å². The number of aromatic nitrogens is 1. The number of carbonyl (C=O) groups is 1. The minimum atomic E-state index is -0.843. The Hall–Kier alpha value is -1.20. The average Bonchev–Trinajstić information content (AvgIpc) is 3.23. The SMILES string of the molecule is CC(=O)CCc1ccc(PCc2csnc2-c2ccc(Cl)s2)c(F)c1F. The van der Waals surface area contributed by atoms with Crippen molar-refractivity contribution in [3.05, 3.63) is 56.7 Å². The predicted octanol–water partition coefficient (Wildman–Crippen LogP) is 5.83. The lowest BCUT2D eigenvalue weighted by molar-refractivity contribution is -0.116. The Labute approximate surface area is 165 Å². The van der Waals surface area contributed by atoms with Crippen LogP contribution in [0.15, 0.2) is 29.6 Å². The van der Waals surface area contributed by atoms with E-state index in [9.17, 15) is 13.6 Å². The van der Waals surface area contributed by atoms with Crippen molar-refractivity contribution in [3.63, 3.8) is 0 Å². The number of ketones is 1. The first-order valence-corrected chi connectivity index (χ1v) is 11.1. The van der Waals surface area contributed by atoms with Gasteiger partial charge in [-0.1, -0.05) is 32.3 Å². The monoisotopic (exact) mass is 429 g/mol. The van der Waals surface area contributed by atoms with Gasteiger partial charge in [-0.05, 0) is 54.3 Å². The smallest absolute Gasteiger partial charge is 0.166 e. The van der Waals surface area contributed by atoms with Gasteiger partial charge in [-0.2, -0.15) is 4.37 Å². The Morgan fingerprint density at radius 2 is 2.00 bits per heavy atom. The lowest BCUT2D eigenvalue weighted by atomic mass is 10.1. The highest BCUT2D eigenvalue weighted by atomic mass is 35.5. The predicted molar refractivity (Wildman–Crippen MR) is 107 cm³/mol. The van der Waals surface area contributed by atoms with Crippen LogP contribution in [0.2, 0.25) is 4.34 Å². The third-order valence-corrected chi connectivity index (χ3v) is 7.07. The van der Waals surface area contributed by atoms with Crippen LogP contribution in [0.4, 0.5) is 8.78 Å². The summed E-state index contributed by atoms with van der Waals surface area (Å²) in [5, 5.41) is 2.29. The molecule has 3 aromatic rings. The zero-order chi connectivity index (χ0) is 18.7. The maximum Gasteiger partial charge on any atom is 0.166 e. The Morgan fingerprint density at radius 3 is 2.69 bits per heavy atom. The van der Waals surface area contributed by atoms with Gasteiger partial charge in [0.25, 0.3) is 0 Å². The molecule has 2 heterocycles. The Bertz CT molecular complexity index is 941. The summed E-state index contributed by atoms with van der Waals surface area (Å²) in [6.07, 6.45) is 1.02. The number of thiophene rings is 1. The molecule has 0 aliphatic heterocycles. The van der Waals surface area contributed by atoms with Crippen molar-refractivity contribution in [3.8, 4) is 10.6 Å². The number of rotatable bonds is 7. The normalized spacial score (nSPS) is 11.5. The fraction of sp³-hybridized carbons (Fsp3) is 0.222. The molecule has 26 heavy (non-hydrogen) atoms. The highest BCUT2D eigenvalue weighted by Crippen LogP contribution is 2.35. The summed E-state index contributed by atoms with van der Waals surface area (Å²) in [6.45, 7) is 1.44. The van der Waals surface area contributed by atoms with Crippen LogP contribution in [-0.2, 0) is 17.4 Å². The maximum atomic E-state index is 14.4. The Balaban J connectivity index is 1.74. The van der Waals surface area contributed by atoms with Gasteiger partial charge in [-0.15, -0.1) is 11.3 Å². The molecule has 0 amide bonds. The van der Waals surface area contributed by atoms with Crippen molar-refractivity contribution in [2.75, 3.05) is 0 Å². The molecule has 136 valence electrons. The first-order chi connectivity index (χ1) is 12.5. The van der Waals surface area contributed by atoms with Crippen LogP contribution in [0.5, 0.6) is 0 Å². The maximum absolute atomic E-state index is 14.4. The van der Waals surface area contributed by atoms with Gasteiger partial charge in [-0.25, -0.2) is 8.78 Å². The molecule has 0 aliphatic rings. The summed E-state index contributed by atoms with van der Waals surface area (Å²) in [5.41, 5.74) is 2.11. The Kier molecular flexibility index (Phi) is 6.51. The Morgan fingerprint density at radius 1 is 1.19 bits per heavy atom. The van der Waals surface area contributed by atoms with E-state index in [1.807, 2.05) is 17.5 Å². The molecular formula is C18H15ClF2NOPS2. The van der Waals surface area contributed by atoms with Gasteiger partial charge in [0.05, 0.1) is 14.9 Å². The molecule has 8 heteroatoms. The van der Waals surface area contributed by atoms with E-state index < -0.39 is 11.6 Å². The van der Waals surface area contributed by atoms with Crippen LogP contribution in [0.25, 0.3) is 10.6 Å². The van der Waals surface area contributed by atoms with Crippen LogP contribution in [0.3, 0.4) is 0 Å². The minimum Gasteiger partial charge on any atom is -0.300 e. The lowest BCUT2D eigenvalue weighted by Gasteiger charge is -2.08. The second kappa shape index (κ2) is 8.66. The largest absolute Gasteiger partial charge is 0.300 e. The molecule has 0 spiro atoms. The molecule has 0 saturated heterocycles. The summed E-state index contributed by atoms with van der Waals surface area (Å²) in [5.74, 6) is -1.69. The number of aryl methyl sites for hydroxylation is 1. The van der Waals surface area contributed by atoms with Crippen molar-refractivity contribution in [2.45, 2.75) is 25.9 Å². The third-order valence-electron chi connectivity index (χ3n) is 3.83.